The van der Waals surface area contributed by atoms with Crippen molar-refractivity contribution in [3.05, 3.63) is 16.4 Å². The summed E-state index contributed by atoms with van der Waals surface area (Å²) in [6.07, 6.45) is 4.47. The van der Waals surface area contributed by atoms with Crippen LogP contribution in [-0.4, -0.2) is 53.6 Å². The second kappa shape index (κ2) is 6.94. The number of piperidine rings is 2. The lowest BCUT2D eigenvalue weighted by atomic mass is 9.83. The van der Waals surface area contributed by atoms with Crippen molar-refractivity contribution in [3.8, 4) is 0 Å². The molecule has 3 rings (SSSR count). The Morgan fingerprint density at radius 3 is 2.25 bits per heavy atom. The molecule has 9 heteroatoms. The molecule has 0 aromatic carbocycles. The molecule has 0 N–H and O–H groups in total. The summed E-state index contributed by atoms with van der Waals surface area (Å²) in [6.45, 7) is 1.71. The van der Waals surface area contributed by atoms with Crippen LogP contribution in [0.2, 0.25) is 10.3 Å². The van der Waals surface area contributed by atoms with E-state index in [0.717, 1.165) is 32.1 Å². The van der Waals surface area contributed by atoms with Crippen molar-refractivity contribution >= 4 is 39.2 Å². The van der Waals surface area contributed by atoms with Crippen molar-refractivity contribution in [2.75, 3.05) is 17.7 Å². The fourth-order valence-corrected chi connectivity index (χ4v) is 5.93. The van der Waals surface area contributed by atoms with Crippen molar-refractivity contribution in [2.24, 2.45) is 0 Å². The lowest BCUT2D eigenvalue weighted by Crippen LogP contribution is -2.58. The second-order valence-electron chi connectivity index (χ2n) is 6.52. The number of halogens is 2. The fourth-order valence-electron chi connectivity index (χ4n) is 3.93. The van der Waals surface area contributed by atoms with Gasteiger partial charge >= 0.3 is 0 Å². The molecule has 0 saturated carbocycles. The molecular formula is C15H22Cl2N4O2S. The van der Waals surface area contributed by atoms with E-state index in [0.29, 0.717) is 16.3 Å². The van der Waals surface area contributed by atoms with E-state index >= 15 is 0 Å². The Kier molecular flexibility index (Phi) is 5.25. The zero-order chi connectivity index (χ0) is 17.5. The topological polar surface area (TPSA) is 66.4 Å². The van der Waals surface area contributed by atoms with E-state index < -0.39 is 10.0 Å². The maximum Gasteiger partial charge on any atom is 0.228 e. The molecule has 2 bridgehead atoms. The summed E-state index contributed by atoms with van der Waals surface area (Å²) >= 11 is 12.0. The van der Waals surface area contributed by atoms with Crippen molar-refractivity contribution in [2.45, 2.75) is 57.2 Å². The molecule has 0 spiro atoms. The van der Waals surface area contributed by atoms with E-state index in [2.05, 4.69) is 9.97 Å². The Labute approximate surface area is 153 Å². The molecular weight excluding hydrogens is 371 g/mol. The van der Waals surface area contributed by atoms with E-state index in [-0.39, 0.29) is 23.9 Å². The fraction of sp³-hybridized carbons (Fsp3) is 0.733. The highest BCUT2D eigenvalue weighted by Crippen LogP contribution is 2.38. The number of sulfonamides is 1. The van der Waals surface area contributed by atoms with Crippen LogP contribution >= 0.6 is 23.2 Å². The highest BCUT2D eigenvalue weighted by molar-refractivity contribution is 7.89. The molecule has 134 valence electrons. The summed E-state index contributed by atoms with van der Waals surface area (Å²) in [4.78, 5) is 10.5. The lowest BCUT2D eigenvalue weighted by molar-refractivity contribution is 0.109. The third-order valence-electron chi connectivity index (χ3n) is 5.08. The first kappa shape index (κ1) is 18.2. The van der Waals surface area contributed by atoms with Gasteiger partial charge in [-0.3, -0.25) is 0 Å². The molecule has 2 aliphatic heterocycles. The summed E-state index contributed by atoms with van der Waals surface area (Å²) in [5.74, 6) is 0.649. The van der Waals surface area contributed by atoms with Crippen LogP contribution in [0.25, 0.3) is 0 Å². The number of aromatic nitrogens is 2. The summed E-state index contributed by atoms with van der Waals surface area (Å²) in [5, 5.41) is 0.617. The second-order valence-corrected chi connectivity index (χ2v) is 9.46. The minimum atomic E-state index is -3.17. The van der Waals surface area contributed by atoms with Crippen LogP contribution in [0.5, 0.6) is 0 Å². The van der Waals surface area contributed by atoms with Gasteiger partial charge in [0.25, 0.3) is 0 Å². The van der Waals surface area contributed by atoms with Crippen LogP contribution in [0.1, 0.15) is 39.0 Å². The van der Waals surface area contributed by atoms with Gasteiger partial charge in [0, 0.05) is 31.2 Å². The van der Waals surface area contributed by atoms with E-state index in [9.17, 15) is 8.42 Å². The Bertz CT molecular complexity index is 681. The SMILES string of the molecule is CCS(=O)(=O)N1C2CCCC1CC(N(C)c1nc(Cl)cc(Cl)n1)C2. The average Bonchev–Trinajstić information content (AvgIpc) is 2.52. The van der Waals surface area contributed by atoms with Crippen LogP contribution in [-0.2, 0) is 10.0 Å². The quantitative estimate of drug-likeness (QED) is 0.736. The molecule has 2 atom stereocenters. The summed E-state index contributed by atoms with van der Waals surface area (Å²) < 4.78 is 26.7. The average molecular weight is 393 g/mol. The molecule has 2 saturated heterocycles. The van der Waals surface area contributed by atoms with Gasteiger partial charge in [-0.25, -0.2) is 18.4 Å². The van der Waals surface area contributed by atoms with Crippen LogP contribution in [0.3, 0.4) is 0 Å². The van der Waals surface area contributed by atoms with Crippen LogP contribution < -0.4 is 4.90 Å². The molecule has 0 aliphatic carbocycles. The van der Waals surface area contributed by atoms with Crippen molar-refractivity contribution < 1.29 is 8.42 Å². The first-order chi connectivity index (χ1) is 11.3. The predicted molar refractivity (Wildman–Crippen MR) is 96.2 cm³/mol. The normalized spacial score (nSPS) is 27.9. The zero-order valence-corrected chi connectivity index (χ0v) is 16.1. The summed E-state index contributed by atoms with van der Waals surface area (Å²) in [5.41, 5.74) is 0. The minimum Gasteiger partial charge on any atom is -0.341 e. The van der Waals surface area contributed by atoms with Gasteiger partial charge in [-0.15, -0.1) is 0 Å². The predicted octanol–water partition coefficient (Wildman–Crippen LogP) is 2.95. The van der Waals surface area contributed by atoms with Gasteiger partial charge < -0.3 is 4.90 Å². The molecule has 1 aromatic heterocycles. The molecule has 2 aliphatic rings. The molecule has 2 unspecified atom stereocenters. The largest absolute Gasteiger partial charge is 0.341 e. The Balaban J connectivity index is 1.83. The molecule has 0 radical (unpaired) electrons. The lowest BCUT2D eigenvalue weighted by Gasteiger charge is -2.49. The summed E-state index contributed by atoms with van der Waals surface area (Å²) in [7, 11) is -1.24. The Morgan fingerprint density at radius 2 is 1.75 bits per heavy atom. The number of hydrogen-bond acceptors (Lipinski definition) is 5. The van der Waals surface area contributed by atoms with Gasteiger partial charge in [0.1, 0.15) is 10.3 Å². The number of hydrogen-bond donors (Lipinski definition) is 0. The van der Waals surface area contributed by atoms with Gasteiger partial charge in [-0.1, -0.05) is 29.6 Å². The number of fused-ring (bicyclic) bond motifs is 2. The Hall–Kier alpha value is -0.630. The van der Waals surface area contributed by atoms with Gasteiger partial charge in [0.2, 0.25) is 16.0 Å². The zero-order valence-electron chi connectivity index (χ0n) is 13.8. The van der Waals surface area contributed by atoms with E-state index in [1.807, 2.05) is 11.9 Å². The van der Waals surface area contributed by atoms with Gasteiger partial charge in [0.05, 0.1) is 5.75 Å². The van der Waals surface area contributed by atoms with Gasteiger partial charge in [-0.05, 0) is 32.6 Å². The highest BCUT2D eigenvalue weighted by Gasteiger charge is 2.44. The summed E-state index contributed by atoms with van der Waals surface area (Å²) in [6, 6.07) is 1.80. The highest BCUT2D eigenvalue weighted by atomic mass is 35.5. The van der Waals surface area contributed by atoms with Gasteiger partial charge in [-0.2, -0.15) is 4.31 Å². The van der Waals surface area contributed by atoms with Crippen molar-refractivity contribution in [3.63, 3.8) is 0 Å². The first-order valence-corrected chi connectivity index (χ1v) is 10.6. The molecule has 6 nitrogen and oxygen atoms in total. The minimum absolute atomic E-state index is 0.0598. The third kappa shape index (κ3) is 3.49. The third-order valence-corrected chi connectivity index (χ3v) is 7.44. The molecule has 24 heavy (non-hydrogen) atoms. The van der Waals surface area contributed by atoms with E-state index in [1.165, 1.54) is 6.07 Å². The van der Waals surface area contributed by atoms with Crippen LogP contribution in [0.15, 0.2) is 6.07 Å². The maximum absolute atomic E-state index is 12.5. The monoisotopic (exact) mass is 392 g/mol. The molecule has 0 amide bonds. The Morgan fingerprint density at radius 1 is 1.21 bits per heavy atom. The smallest absolute Gasteiger partial charge is 0.228 e. The standard InChI is InChI=1S/C15H22Cl2N4O2S/c1-3-24(22,23)21-10-5-4-6-11(21)8-12(7-10)20(2)15-18-13(16)9-14(17)19-15/h9-12H,3-8H2,1-2H3. The van der Waals surface area contributed by atoms with Crippen molar-refractivity contribution in [1.29, 1.82) is 0 Å². The van der Waals surface area contributed by atoms with Crippen molar-refractivity contribution in [1.82, 2.24) is 14.3 Å². The number of anilines is 1. The molecule has 3 heterocycles. The van der Waals surface area contributed by atoms with Crippen LogP contribution in [0, 0.1) is 0 Å². The first-order valence-electron chi connectivity index (χ1n) is 8.26. The number of nitrogens with zero attached hydrogens (tertiary/aromatic N) is 4. The van der Waals surface area contributed by atoms with Crippen LogP contribution in [0.4, 0.5) is 5.95 Å². The van der Waals surface area contributed by atoms with E-state index in [1.54, 1.807) is 11.2 Å². The molecule has 2 fully saturated rings. The van der Waals surface area contributed by atoms with Gasteiger partial charge in [0.15, 0.2) is 0 Å². The number of rotatable bonds is 4. The molecule has 1 aromatic rings. The maximum atomic E-state index is 12.5. The van der Waals surface area contributed by atoms with E-state index in [4.69, 9.17) is 23.2 Å².